The first-order chi connectivity index (χ1) is 13.2. The minimum absolute atomic E-state index is 0.199. The Balaban J connectivity index is 1.44. The van der Waals surface area contributed by atoms with Gasteiger partial charge in [0.1, 0.15) is 30.8 Å². The van der Waals surface area contributed by atoms with Gasteiger partial charge >= 0.3 is 0 Å². The van der Waals surface area contributed by atoms with Crippen molar-refractivity contribution in [1.82, 2.24) is 0 Å². The average molecular weight is 362 g/mol. The fourth-order valence-electron chi connectivity index (χ4n) is 2.78. The molecule has 140 valence electrons. The Labute approximate surface area is 161 Å². The summed E-state index contributed by atoms with van der Waals surface area (Å²) in [5.41, 5.74) is 3.89. The number of aliphatic hydroxyl groups excluding tert-OH is 1. The summed E-state index contributed by atoms with van der Waals surface area (Å²) in [4.78, 5) is 0. The topological polar surface area (TPSA) is 38.7 Å². The summed E-state index contributed by atoms with van der Waals surface area (Å²) < 4.78 is 11.2. The van der Waals surface area contributed by atoms with Crippen LogP contribution >= 0.6 is 0 Å². The highest BCUT2D eigenvalue weighted by molar-refractivity contribution is 5.32. The molecule has 3 aromatic carbocycles. The summed E-state index contributed by atoms with van der Waals surface area (Å²) in [6, 6.07) is 26.2. The molecule has 0 aliphatic carbocycles. The van der Waals surface area contributed by atoms with Gasteiger partial charge < -0.3 is 14.6 Å². The molecule has 1 N–H and O–H groups in total. The van der Waals surface area contributed by atoms with E-state index in [4.69, 9.17) is 9.47 Å². The van der Waals surface area contributed by atoms with Crippen LogP contribution in [0.25, 0.3) is 0 Å². The van der Waals surface area contributed by atoms with Crippen LogP contribution in [0.3, 0.4) is 0 Å². The largest absolute Gasteiger partial charge is 0.491 e. The molecular weight excluding hydrogens is 336 g/mol. The number of benzene rings is 3. The van der Waals surface area contributed by atoms with Crippen LogP contribution in [0.4, 0.5) is 0 Å². The van der Waals surface area contributed by atoms with Gasteiger partial charge in [-0.3, -0.25) is 0 Å². The molecule has 0 heterocycles. The number of hydrogen-bond donors (Lipinski definition) is 1. The van der Waals surface area contributed by atoms with Crippen molar-refractivity contribution in [3.05, 3.63) is 95.6 Å². The van der Waals surface area contributed by atoms with Gasteiger partial charge in [-0.25, -0.2) is 0 Å². The summed E-state index contributed by atoms with van der Waals surface area (Å²) >= 11 is 0. The van der Waals surface area contributed by atoms with Gasteiger partial charge in [-0.15, -0.1) is 0 Å². The lowest BCUT2D eigenvalue weighted by molar-refractivity contribution is 0.0626. The molecule has 1 atom stereocenters. The molecule has 0 aliphatic heterocycles. The second-order valence-corrected chi connectivity index (χ2v) is 6.58. The van der Waals surface area contributed by atoms with E-state index in [1.807, 2.05) is 42.5 Å². The summed E-state index contributed by atoms with van der Waals surface area (Å²) in [6.07, 6.45) is 1.29. The molecule has 0 saturated carbocycles. The predicted molar refractivity (Wildman–Crippen MR) is 109 cm³/mol. The van der Waals surface area contributed by atoms with Crippen LogP contribution in [-0.4, -0.2) is 24.4 Å². The minimum atomic E-state index is -0.679. The zero-order chi connectivity index (χ0) is 18.9. The molecule has 3 aromatic rings. The number of aliphatic hydroxyl groups is 1. The zero-order valence-electron chi connectivity index (χ0n) is 15.7. The molecule has 0 amide bonds. The number of aryl methyl sites for hydroxylation is 1. The minimum Gasteiger partial charge on any atom is -0.491 e. The van der Waals surface area contributed by atoms with Crippen molar-refractivity contribution in [1.29, 1.82) is 0 Å². The van der Waals surface area contributed by atoms with Gasteiger partial charge in [0.25, 0.3) is 0 Å². The van der Waals surface area contributed by atoms with Gasteiger partial charge in [-0.05, 0) is 53.8 Å². The molecule has 0 spiro atoms. The van der Waals surface area contributed by atoms with Crippen LogP contribution in [0.5, 0.6) is 11.5 Å². The molecule has 3 rings (SSSR count). The van der Waals surface area contributed by atoms with Crippen molar-refractivity contribution in [2.45, 2.75) is 25.9 Å². The van der Waals surface area contributed by atoms with E-state index in [2.05, 4.69) is 43.3 Å². The Kier molecular flexibility index (Phi) is 6.89. The smallest absolute Gasteiger partial charge is 0.122 e. The van der Waals surface area contributed by atoms with Crippen molar-refractivity contribution in [3.8, 4) is 11.5 Å². The van der Waals surface area contributed by atoms with Gasteiger partial charge in [-0.1, -0.05) is 61.5 Å². The highest BCUT2D eigenvalue weighted by atomic mass is 16.5. The zero-order valence-corrected chi connectivity index (χ0v) is 15.7. The van der Waals surface area contributed by atoms with Crippen LogP contribution in [0, 0.1) is 0 Å². The third-order valence-corrected chi connectivity index (χ3v) is 4.39. The fourth-order valence-corrected chi connectivity index (χ4v) is 2.78. The van der Waals surface area contributed by atoms with E-state index in [1.165, 1.54) is 16.7 Å². The Morgan fingerprint density at radius 1 is 0.667 bits per heavy atom. The molecule has 0 aliphatic rings. The van der Waals surface area contributed by atoms with Gasteiger partial charge in [0, 0.05) is 0 Å². The van der Waals surface area contributed by atoms with Crippen LogP contribution in [0.15, 0.2) is 78.9 Å². The number of rotatable bonds is 9. The van der Waals surface area contributed by atoms with E-state index < -0.39 is 6.10 Å². The van der Waals surface area contributed by atoms with Crippen LogP contribution in [-0.2, 0) is 12.8 Å². The number of ether oxygens (including phenoxy) is 2. The first-order valence-corrected chi connectivity index (χ1v) is 9.38. The lowest BCUT2D eigenvalue weighted by Crippen LogP contribution is -2.25. The normalized spacial score (nSPS) is 11.8. The summed E-state index contributed by atoms with van der Waals surface area (Å²) in [6.45, 7) is 2.57. The quantitative estimate of drug-likeness (QED) is 0.602. The summed E-state index contributed by atoms with van der Waals surface area (Å²) in [5, 5.41) is 10.0. The molecule has 0 fully saturated rings. The maximum absolute atomic E-state index is 10.0. The molecule has 1 unspecified atom stereocenters. The standard InChI is InChI=1S/C24H26O3/c1-2-19-8-10-20(11-9-19)16-21-12-14-24(15-13-21)27-18-22(25)17-26-23-6-4-3-5-7-23/h3-15,22,25H,2,16-18H2,1H3. The summed E-state index contributed by atoms with van der Waals surface area (Å²) in [7, 11) is 0. The molecular formula is C24H26O3. The summed E-state index contributed by atoms with van der Waals surface area (Å²) in [5.74, 6) is 1.49. The van der Waals surface area contributed by atoms with Gasteiger partial charge in [0.05, 0.1) is 0 Å². The second-order valence-electron chi connectivity index (χ2n) is 6.58. The Morgan fingerprint density at radius 2 is 1.15 bits per heavy atom. The van der Waals surface area contributed by atoms with Gasteiger partial charge in [-0.2, -0.15) is 0 Å². The average Bonchev–Trinajstić information content (AvgIpc) is 2.73. The van der Waals surface area contributed by atoms with E-state index in [0.717, 1.165) is 24.3 Å². The Hall–Kier alpha value is -2.78. The van der Waals surface area contributed by atoms with Crippen molar-refractivity contribution in [2.24, 2.45) is 0 Å². The van der Waals surface area contributed by atoms with Gasteiger partial charge in [0.2, 0.25) is 0 Å². The molecule has 27 heavy (non-hydrogen) atoms. The number of hydrogen-bond acceptors (Lipinski definition) is 3. The number of para-hydroxylation sites is 1. The lowest BCUT2D eigenvalue weighted by atomic mass is 10.0. The van der Waals surface area contributed by atoms with E-state index >= 15 is 0 Å². The molecule has 0 saturated heterocycles. The SMILES string of the molecule is CCc1ccc(Cc2ccc(OCC(O)COc3ccccc3)cc2)cc1. The molecule has 3 nitrogen and oxygen atoms in total. The Bertz CT molecular complexity index is 795. The fraction of sp³-hybridized carbons (Fsp3) is 0.250. The van der Waals surface area contributed by atoms with E-state index in [-0.39, 0.29) is 13.2 Å². The van der Waals surface area contributed by atoms with Crippen molar-refractivity contribution < 1.29 is 14.6 Å². The van der Waals surface area contributed by atoms with Crippen molar-refractivity contribution in [2.75, 3.05) is 13.2 Å². The van der Waals surface area contributed by atoms with Crippen LogP contribution in [0.1, 0.15) is 23.6 Å². The lowest BCUT2D eigenvalue weighted by Gasteiger charge is -2.14. The maximum Gasteiger partial charge on any atom is 0.122 e. The molecule has 0 aromatic heterocycles. The molecule has 3 heteroatoms. The third-order valence-electron chi connectivity index (χ3n) is 4.39. The van der Waals surface area contributed by atoms with Crippen LogP contribution < -0.4 is 9.47 Å². The first kappa shape index (κ1) is 19.0. The highest BCUT2D eigenvalue weighted by Gasteiger charge is 2.07. The second kappa shape index (κ2) is 9.79. The van der Waals surface area contributed by atoms with Crippen molar-refractivity contribution in [3.63, 3.8) is 0 Å². The molecule has 0 bridgehead atoms. The van der Waals surface area contributed by atoms with Crippen molar-refractivity contribution >= 4 is 0 Å². The third kappa shape index (κ3) is 6.15. The predicted octanol–water partition coefficient (Wildman–Crippen LogP) is 4.66. The van der Waals surface area contributed by atoms with E-state index in [9.17, 15) is 5.11 Å². The molecule has 0 radical (unpaired) electrons. The maximum atomic E-state index is 10.0. The highest BCUT2D eigenvalue weighted by Crippen LogP contribution is 2.16. The van der Waals surface area contributed by atoms with E-state index in [1.54, 1.807) is 0 Å². The van der Waals surface area contributed by atoms with Gasteiger partial charge in [0.15, 0.2) is 0 Å². The monoisotopic (exact) mass is 362 g/mol. The van der Waals surface area contributed by atoms with E-state index in [0.29, 0.717) is 0 Å². The first-order valence-electron chi connectivity index (χ1n) is 9.38. The van der Waals surface area contributed by atoms with Crippen LogP contribution in [0.2, 0.25) is 0 Å². The Morgan fingerprint density at radius 3 is 1.70 bits per heavy atom.